The molecule has 3 rings (SSSR count). The van der Waals surface area contributed by atoms with Gasteiger partial charge in [0.05, 0.1) is 6.61 Å². The second-order valence-corrected chi connectivity index (χ2v) is 6.05. The van der Waals surface area contributed by atoms with E-state index in [-0.39, 0.29) is 5.97 Å². The summed E-state index contributed by atoms with van der Waals surface area (Å²) < 4.78 is 5.18. The number of esters is 1. The Labute approximate surface area is 92.4 Å². The average molecular weight is 210 g/mol. The molecule has 2 bridgehead atoms. The fraction of sp³-hybridized carbons (Fsp3) is 0.923. The van der Waals surface area contributed by atoms with E-state index in [1.165, 1.54) is 19.8 Å². The van der Waals surface area contributed by atoms with E-state index in [1.54, 1.807) is 0 Å². The van der Waals surface area contributed by atoms with Gasteiger partial charge < -0.3 is 4.74 Å². The van der Waals surface area contributed by atoms with Crippen molar-refractivity contribution in [1.29, 1.82) is 0 Å². The number of carbonyl (C=O) groups excluding carboxylic acids is 1. The van der Waals surface area contributed by atoms with Gasteiger partial charge in [-0.05, 0) is 41.9 Å². The van der Waals surface area contributed by atoms with Gasteiger partial charge in [0.15, 0.2) is 0 Å². The van der Waals surface area contributed by atoms with Gasteiger partial charge in [-0.15, -0.1) is 0 Å². The van der Waals surface area contributed by atoms with Gasteiger partial charge in [0.2, 0.25) is 0 Å². The molecule has 86 valence electrons. The van der Waals surface area contributed by atoms with E-state index < -0.39 is 0 Å². The number of carbonyl (C=O) groups is 1. The molecule has 2 heteroatoms. The van der Waals surface area contributed by atoms with Crippen molar-refractivity contribution in [2.24, 2.45) is 29.1 Å². The van der Waals surface area contributed by atoms with Crippen molar-refractivity contribution < 1.29 is 9.53 Å². The Hall–Kier alpha value is -0.530. The summed E-state index contributed by atoms with van der Waals surface area (Å²) in [5.41, 5.74) is 0.475. The third kappa shape index (κ3) is 1.68. The van der Waals surface area contributed by atoms with Crippen LogP contribution in [0.25, 0.3) is 0 Å². The van der Waals surface area contributed by atoms with E-state index in [9.17, 15) is 4.79 Å². The SMILES string of the molecule is CC(=O)OC[C@@H]1C[C@@H](C)[C@@H]2C[C@H]1C2(C)C. The van der Waals surface area contributed by atoms with Crippen LogP contribution in [0.2, 0.25) is 0 Å². The third-order valence-corrected chi connectivity index (χ3v) is 4.85. The predicted molar refractivity (Wildman–Crippen MR) is 59.3 cm³/mol. The standard InChI is InChI=1S/C13H22O2/c1-8-5-10(7-15-9(2)14)12-6-11(8)13(12,3)4/h8,10-12H,5-7H2,1-4H3/t8-,10+,11+,12-/m1/s1. The molecule has 4 atom stereocenters. The summed E-state index contributed by atoms with van der Waals surface area (Å²) in [7, 11) is 0. The summed E-state index contributed by atoms with van der Waals surface area (Å²) in [5.74, 6) is 2.94. The van der Waals surface area contributed by atoms with Crippen molar-refractivity contribution in [3.05, 3.63) is 0 Å². The molecule has 3 aliphatic carbocycles. The smallest absolute Gasteiger partial charge is 0.302 e. The summed E-state index contributed by atoms with van der Waals surface area (Å²) in [4.78, 5) is 10.8. The molecule has 0 N–H and O–H groups in total. The largest absolute Gasteiger partial charge is 0.466 e. The minimum atomic E-state index is -0.137. The summed E-state index contributed by atoms with van der Waals surface area (Å²) >= 11 is 0. The molecule has 3 saturated carbocycles. The Morgan fingerprint density at radius 2 is 2.00 bits per heavy atom. The van der Waals surface area contributed by atoms with Crippen LogP contribution in [-0.4, -0.2) is 12.6 Å². The zero-order valence-corrected chi connectivity index (χ0v) is 10.2. The molecule has 15 heavy (non-hydrogen) atoms. The van der Waals surface area contributed by atoms with Crippen LogP contribution in [0.15, 0.2) is 0 Å². The van der Waals surface area contributed by atoms with Crippen LogP contribution >= 0.6 is 0 Å². The van der Waals surface area contributed by atoms with E-state index in [1.807, 2.05) is 0 Å². The first kappa shape index (κ1) is 11.0. The number of fused-ring (bicyclic) bond motifs is 2. The Bertz CT molecular complexity index is 270. The van der Waals surface area contributed by atoms with Crippen LogP contribution < -0.4 is 0 Å². The van der Waals surface area contributed by atoms with Gasteiger partial charge in [-0.2, -0.15) is 0 Å². The second kappa shape index (κ2) is 3.50. The van der Waals surface area contributed by atoms with Gasteiger partial charge in [-0.3, -0.25) is 4.79 Å². The van der Waals surface area contributed by atoms with Crippen molar-refractivity contribution in [2.75, 3.05) is 6.61 Å². The highest BCUT2D eigenvalue weighted by Crippen LogP contribution is 2.63. The molecule has 3 fully saturated rings. The Balaban J connectivity index is 1.98. The van der Waals surface area contributed by atoms with Gasteiger partial charge in [0, 0.05) is 6.92 Å². The summed E-state index contributed by atoms with van der Waals surface area (Å²) in [6.45, 7) is 9.24. The van der Waals surface area contributed by atoms with Gasteiger partial charge in [0.25, 0.3) is 0 Å². The monoisotopic (exact) mass is 210 g/mol. The fourth-order valence-electron chi connectivity index (χ4n) is 3.98. The topological polar surface area (TPSA) is 26.3 Å². The minimum Gasteiger partial charge on any atom is -0.466 e. The Morgan fingerprint density at radius 1 is 1.33 bits per heavy atom. The van der Waals surface area contributed by atoms with Crippen molar-refractivity contribution in [1.82, 2.24) is 0 Å². The number of ether oxygens (including phenoxy) is 1. The van der Waals surface area contributed by atoms with Crippen molar-refractivity contribution in [3.63, 3.8) is 0 Å². The molecule has 0 aromatic heterocycles. The highest BCUT2D eigenvalue weighted by atomic mass is 16.5. The maximum atomic E-state index is 10.8. The first-order chi connectivity index (χ1) is 6.93. The molecular weight excluding hydrogens is 188 g/mol. The molecule has 0 aliphatic heterocycles. The first-order valence-electron chi connectivity index (χ1n) is 6.06. The molecule has 0 radical (unpaired) electrons. The van der Waals surface area contributed by atoms with Gasteiger partial charge in [-0.1, -0.05) is 20.8 Å². The quantitative estimate of drug-likeness (QED) is 0.655. The van der Waals surface area contributed by atoms with E-state index in [0.29, 0.717) is 17.9 Å². The molecule has 2 nitrogen and oxygen atoms in total. The summed E-state index contributed by atoms with van der Waals surface area (Å²) in [6.07, 6.45) is 2.59. The second-order valence-electron chi connectivity index (χ2n) is 6.05. The molecule has 3 aliphatic rings. The zero-order chi connectivity index (χ0) is 11.2. The maximum absolute atomic E-state index is 10.8. The molecular formula is C13H22O2. The van der Waals surface area contributed by atoms with E-state index in [2.05, 4.69) is 20.8 Å². The first-order valence-corrected chi connectivity index (χ1v) is 6.06. The van der Waals surface area contributed by atoms with Crippen LogP contribution in [0.1, 0.15) is 40.5 Å². The molecule has 0 heterocycles. The molecule has 0 amide bonds. The van der Waals surface area contributed by atoms with Gasteiger partial charge in [-0.25, -0.2) is 0 Å². The number of hydrogen-bond donors (Lipinski definition) is 0. The van der Waals surface area contributed by atoms with E-state index in [0.717, 1.165) is 17.8 Å². The highest BCUT2D eigenvalue weighted by molar-refractivity contribution is 5.65. The maximum Gasteiger partial charge on any atom is 0.302 e. The fourth-order valence-corrected chi connectivity index (χ4v) is 3.98. The van der Waals surface area contributed by atoms with Crippen molar-refractivity contribution in [2.45, 2.75) is 40.5 Å². The lowest BCUT2D eigenvalue weighted by Gasteiger charge is -2.62. The molecule has 0 aromatic rings. The molecule has 0 aromatic carbocycles. The van der Waals surface area contributed by atoms with Crippen molar-refractivity contribution >= 4 is 5.97 Å². The molecule has 0 unspecified atom stereocenters. The van der Waals surface area contributed by atoms with E-state index in [4.69, 9.17) is 4.74 Å². The minimum absolute atomic E-state index is 0.137. The lowest BCUT2D eigenvalue weighted by Crippen LogP contribution is -2.56. The lowest BCUT2D eigenvalue weighted by molar-refractivity contribution is -0.164. The van der Waals surface area contributed by atoms with Crippen LogP contribution in [0, 0.1) is 29.1 Å². The molecule has 0 saturated heterocycles. The highest BCUT2D eigenvalue weighted by Gasteiger charge is 2.57. The van der Waals surface area contributed by atoms with Crippen LogP contribution in [-0.2, 0) is 9.53 Å². The lowest BCUT2D eigenvalue weighted by atomic mass is 9.43. The zero-order valence-electron chi connectivity index (χ0n) is 10.2. The number of hydrogen-bond acceptors (Lipinski definition) is 2. The molecule has 0 spiro atoms. The van der Waals surface area contributed by atoms with Crippen molar-refractivity contribution in [3.8, 4) is 0 Å². The summed E-state index contributed by atoms with van der Waals surface area (Å²) in [6, 6.07) is 0. The number of rotatable bonds is 2. The Morgan fingerprint density at radius 3 is 2.47 bits per heavy atom. The predicted octanol–water partition coefficient (Wildman–Crippen LogP) is 2.87. The Kier molecular flexibility index (Phi) is 2.56. The summed E-state index contributed by atoms with van der Waals surface area (Å²) in [5, 5.41) is 0. The average Bonchev–Trinajstić information content (AvgIpc) is 2.13. The van der Waals surface area contributed by atoms with Crippen LogP contribution in [0.5, 0.6) is 0 Å². The van der Waals surface area contributed by atoms with Gasteiger partial charge >= 0.3 is 5.97 Å². The van der Waals surface area contributed by atoms with E-state index >= 15 is 0 Å². The third-order valence-electron chi connectivity index (χ3n) is 4.85. The van der Waals surface area contributed by atoms with Crippen LogP contribution in [0.3, 0.4) is 0 Å². The van der Waals surface area contributed by atoms with Gasteiger partial charge in [0.1, 0.15) is 0 Å². The normalized spacial score (nSPS) is 41.9. The van der Waals surface area contributed by atoms with Crippen LogP contribution in [0.4, 0.5) is 0 Å².